The van der Waals surface area contributed by atoms with Crippen molar-refractivity contribution in [2.45, 2.75) is 0 Å². The van der Waals surface area contributed by atoms with Crippen LogP contribution in [0.4, 0.5) is 11.4 Å². The minimum absolute atomic E-state index is 0.0582. The van der Waals surface area contributed by atoms with Crippen LogP contribution in [0.15, 0.2) is 48.5 Å². The number of aldehydes is 1. The molecule has 1 amide bonds. The Bertz CT molecular complexity index is 763. The van der Waals surface area contributed by atoms with Gasteiger partial charge in [0.2, 0.25) is 0 Å². The van der Waals surface area contributed by atoms with Crippen molar-refractivity contribution in [2.24, 2.45) is 0 Å². The third-order valence-electron chi connectivity index (χ3n) is 3.38. The summed E-state index contributed by atoms with van der Waals surface area (Å²) in [4.78, 5) is 35.1. The van der Waals surface area contributed by atoms with Gasteiger partial charge in [-0.3, -0.25) is 19.7 Å². The number of ether oxygens (including phenoxy) is 1. The zero-order valence-corrected chi connectivity index (χ0v) is 13.2. The van der Waals surface area contributed by atoms with Crippen LogP contribution >= 0.6 is 0 Å². The molecule has 2 aromatic rings. The van der Waals surface area contributed by atoms with Gasteiger partial charge in [-0.05, 0) is 24.3 Å². The highest BCUT2D eigenvalue weighted by molar-refractivity contribution is 5.94. The quantitative estimate of drug-likeness (QED) is 0.444. The molecule has 1 N–H and O–H groups in total. The second kappa shape index (κ2) is 8.55. The van der Waals surface area contributed by atoms with Crippen LogP contribution in [-0.4, -0.2) is 42.0 Å². The first-order valence-corrected chi connectivity index (χ1v) is 7.40. The van der Waals surface area contributed by atoms with Gasteiger partial charge in [0.25, 0.3) is 5.91 Å². The molecule has 0 spiro atoms. The van der Waals surface area contributed by atoms with E-state index in [4.69, 9.17) is 9.84 Å². The van der Waals surface area contributed by atoms with Gasteiger partial charge < -0.3 is 14.7 Å². The number of nitro groups is 1. The second-order valence-corrected chi connectivity index (χ2v) is 4.96. The zero-order valence-electron chi connectivity index (χ0n) is 13.2. The number of aliphatic hydroxyl groups is 1. The van der Waals surface area contributed by atoms with Gasteiger partial charge in [-0.25, -0.2) is 0 Å². The molecule has 0 heterocycles. The van der Waals surface area contributed by atoms with E-state index in [9.17, 15) is 19.7 Å². The minimum Gasteiger partial charge on any atom is -0.477 e. The Morgan fingerprint density at radius 3 is 2.52 bits per heavy atom. The van der Waals surface area contributed by atoms with E-state index in [2.05, 4.69) is 0 Å². The van der Waals surface area contributed by atoms with Crippen molar-refractivity contribution in [3.05, 3.63) is 64.2 Å². The fourth-order valence-electron chi connectivity index (χ4n) is 2.27. The Kier molecular flexibility index (Phi) is 6.19. The van der Waals surface area contributed by atoms with Crippen LogP contribution in [-0.2, 0) is 4.79 Å². The lowest BCUT2D eigenvalue weighted by atomic mass is 10.2. The molecule has 0 aromatic heterocycles. The third kappa shape index (κ3) is 4.39. The molecule has 2 aromatic carbocycles. The van der Waals surface area contributed by atoms with E-state index in [1.165, 1.54) is 23.1 Å². The fourth-order valence-corrected chi connectivity index (χ4v) is 2.27. The number of nitrogens with zero attached hydrogens (tertiary/aromatic N) is 2. The Balaban J connectivity index is 2.18. The summed E-state index contributed by atoms with van der Waals surface area (Å²) in [7, 11) is 0. The lowest BCUT2D eigenvalue weighted by molar-refractivity contribution is -0.386. The van der Waals surface area contributed by atoms with Crippen LogP contribution in [0.1, 0.15) is 10.4 Å². The summed E-state index contributed by atoms with van der Waals surface area (Å²) in [5, 5.41) is 20.3. The topological polar surface area (TPSA) is 110 Å². The van der Waals surface area contributed by atoms with Gasteiger partial charge in [-0.15, -0.1) is 0 Å². The highest BCUT2D eigenvalue weighted by Crippen LogP contribution is 2.29. The number of carbonyl (C=O) groups excluding carboxylic acids is 2. The zero-order chi connectivity index (χ0) is 18.2. The molecule has 0 unspecified atom stereocenters. The normalized spacial score (nSPS) is 10.1. The molecular weight excluding hydrogens is 328 g/mol. The predicted molar refractivity (Wildman–Crippen MR) is 89.9 cm³/mol. The highest BCUT2D eigenvalue weighted by atomic mass is 16.6. The number of amides is 1. The highest BCUT2D eigenvalue weighted by Gasteiger charge is 2.22. The first-order chi connectivity index (χ1) is 12.1. The second-order valence-electron chi connectivity index (χ2n) is 4.96. The lowest BCUT2D eigenvalue weighted by Gasteiger charge is -2.22. The summed E-state index contributed by atoms with van der Waals surface area (Å²) < 4.78 is 5.28. The van der Waals surface area contributed by atoms with Gasteiger partial charge in [0.15, 0.2) is 18.6 Å². The smallest absolute Gasteiger partial charge is 0.321 e. The molecule has 8 nitrogen and oxygen atoms in total. The van der Waals surface area contributed by atoms with Gasteiger partial charge in [-0.2, -0.15) is 0 Å². The third-order valence-corrected chi connectivity index (χ3v) is 3.38. The van der Waals surface area contributed by atoms with Crippen LogP contribution < -0.4 is 9.64 Å². The molecule has 8 heteroatoms. The van der Waals surface area contributed by atoms with Crippen molar-refractivity contribution < 1.29 is 24.4 Å². The van der Waals surface area contributed by atoms with Gasteiger partial charge in [0, 0.05) is 12.2 Å². The molecule has 0 saturated carbocycles. The van der Waals surface area contributed by atoms with Crippen molar-refractivity contribution in [1.29, 1.82) is 0 Å². The number of hydrogen-bond donors (Lipinski definition) is 1. The summed E-state index contributed by atoms with van der Waals surface area (Å²) in [5.41, 5.74) is -0.0507. The molecular formula is C17H16N2O6. The van der Waals surface area contributed by atoms with Gasteiger partial charge in [0.1, 0.15) is 0 Å². The number of para-hydroxylation sites is 2. The maximum atomic E-state index is 12.4. The Labute approximate surface area is 143 Å². The predicted octanol–water partition coefficient (Wildman–Crippen LogP) is 1.81. The number of anilines is 1. The van der Waals surface area contributed by atoms with Crippen molar-refractivity contribution in [3.63, 3.8) is 0 Å². The lowest BCUT2D eigenvalue weighted by Crippen LogP contribution is -2.37. The molecule has 0 saturated heterocycles. The summed E-state index contributed by atoms with van der Waals surface area (Å²) in [6.45, 7) is -0.665. The van der Waals surface area contributed by atoms with E-state index in [1.54, 1.807) is 30.3 Å². The molecule has 2 rings (SSSR count). The van der Waals surface area contributed by atoms with Gasteiger partial charge >= 0.3 is 5.69 Å². The number of rotatable bonds is 8. The van der Waals surface area contributed by atoms with Crippen molar-refractivity contribution >= 4 is 23.6 Å². The van der Waals surface area contributed by atoms with Crippen molar-refractivity contribution in [3.8, 4) is 5.75 Å². The van der Waals surface area contributed by atoms with Crippen LogP contribution in [0.2, 0.25) is 0 Å². The summed E-state index contributed by atoms with van der Waals surface area (Å²) >= 11 is 0. The SMILES string of the molecule is O=Cc1cccc(OCC(=O)N(CCO)c2ccccc2)c1[N+](=O)[O-]. The largest absolute Gasteiger partial charge is 0.477 e. The molecule has 0 bridgehead atoms. The molecule has 0 atom stereocenters. The van der Waals surface area contributed by atoms with Crippen LogP contribution in [0.3, 0.4) is 0 Å². The van der Waals surface area contributed by atoms with Crippen LogP contribution in [0.25, 0.3) is 0 Å². The average Bonchev–Trinajstić information content (AvgIpc) is 2.64. The number of benzene rings is 2. The van der Waals surface area contributed by atoms with E-state index >= 15 is 0 Å². The van der Waals surface area contributed by atoms with Crippen LogP contribution in [0, 0.1) is 10.1 Å². The molecule has 0 aliphatic heterocycles. The van der Waals surface area contributed by atoms with Crippen LogP contribution in [0.5, 0.6) is 5.75 Å². The number of hydrogen-bond acceptors (Lipinski definition) is 6. The maximum Gasteiger partial charge on any atom is 0.321 e. The first kappa shape index (κ1) is 18.1. The van der Waals surface area contributed by atoms with E-state index < -0.39 is 23.1 Å². The molecule has 0 fully saturated rings. The Morgan fingerprint density at radius 2 is 1.92 bits per heavy atom. The summed E-state index contributed by atoms with van der Waals surface area (Å²) in [6, 6.07) is 12.7. The minimum atomic E-state index is -0.730. The molecule has 0 aliphatic rings. The summed E-state index contributed by atoms with van der Waals surface area (Å²) in [6.07, 6.45) is 0.356. The molecule has 130 valence electrons. The van der Waals surface area contributed by atoms with Crippen molar-refractivity contribution in [1.82, 2.24) is 0 Å². The van der Waals surface area contributed by atoms with Gasteiger partial charge in [-0.1, -0.05) is 24.3 Å². The van der Waals surface area contributed by atoms with E-state index in [1.807, 2.05) is 0 Å². The number of nitro benzene ring substituents is 1. The van der Waals surface area contributed by atoms with E-state index in [-0.39, 0.29) is 24.5 Å². The Hall–Kier alpha value is -3.26. The summed E-state index contributed by atoms with van der Waals surface area (Å²) in [5.74, 6) is -0.647. The standard InChI is InChI=1S/C17H16N2O6/c20-10-9-18(14-6-2-1-3-7-14)16(22)12-25-15-8-4-5-13(11-21)17(15)19(23)24/h1-8,11,20H,9-10,12H2. The monoisotopic (exact) mass is 344 g/mol. The van der Waals surface area contributed by atoms with E-state index in [0.29, 0.717) is 12.0 Å². The molecule has 0 aliphatic carbocycles. The van der Waals surface area contributed by atoms with E-state index in [0.717, 1.165) is 0 Å². The number of carbonyl (C=O) groups is 2. The average molecular weight is 344 g/mol. The molecule has 25 heavy (non-hydrogen) atoms. The van der Waals surface area contributed by atoms with Crippen molar-refractivity contribution in [2.75, 3.05) is 24.7 Å². The molecule has 0 radical (unpaired) electrons. The number of aliphatic hydroxyl groups excluding tert-OH is 1. The Morgan fingerprint density at radius 1 is 1.20 bits per heavy atom. The first-order valence-electron chi connectivity index (χ1n) is 7.40. The van der Waals surface area contributed by atoms with Gasteiger partial charge in [0.05, 0.1) is 17.1 Å². The fraction of sp³-hybridized carbons (Fsp3) is 0.176. The maximum absolute atomic E-state index is 12.4.